The fourth-order valence-electron chi connectivity index (χ4n) is 1.74. The topological polar surface area (TPSA) is 102 Å². The molecule has 8 heteroatoms. The number of nitro groups is 1. The van der Waals surface area contributed by atoms with Gasteiger partial charge < -0.3 is 20.7 Å². The molecule has 0 spiro atoms. The molecule has 104 valence electrons. The minimum Gasteiger partial charge on any atom is -0.364 e. The fourth-order valence-corrected chi connectivity index (χ4v) is 1.74. The van der Waals surface area contributed by atoms with Gasteiger partial charge >= 0.3 is 5.82 Å². The molecule has 0 bridgehead atoms. The number of hydrogen-bond acceptors (Lipinski definition) is 5. The van der Waals surface area contributed by atoms with Crippen molar-refractivity contribution in [3.63, 3.8) is 0 Å². The van der Waals surface area contributed by atoms with Crippen LogP contribution in [0.4, 0.5) is 11.6 Å². The molecule has 0 atom stereocenters. The van der Waals surface area contributed by atoms with Crippen LogP contribution in [0.25, 0.3) is 0 Å². The van der Waals surface area contributed by atoms with E-state index < -0.39 is 4.92 Å². The Kier molecular flexibility index (Phi) is 3.68. The summed E-state index contributed by atoms with van der Waals surface area (Å²) in [6, 6.07) is 0.334. The quantitative estimate of drug-likeness (QED) is 0.584. The van der Waals surface area contributed by atoms with Crippen LogP contribution < -0.4 is 10.6 Å². The van der Waals surface area contributed by atoms with Gasteiger partial charge in [-0.1, -0.05) is 0 Å². The van der Waals surface area contributed by atoms with E-state index in [0.29, 0.717) is 24.2 Å². The SMILES string of the molecule is Cc1nc([N+](=O)[O-])c(NCCC(=O)NC2CC2)n1C. The Morgan fingerprint density at radius 2 is 2.26 bits per heavy atom. The van der Waals surface area contributed by atoms with Crippen molar-refractivity contribution in [2.24, 2.45) is 7.05 Å². The van der Waals surface area contributed by atoms with Gasteiger partial charge in [0.25, 0.3) is 0 Å². The monoisotopic (exact) mass is 267 g/mol. The second-order valence-electron chi connectivity index (χ2n) is 4.67. The number of carbonyl (C=O) groups is 1. The maximum atomic E-state index is 11.5. The third-order valence-electron chi connectivity index (χ3n) is 3.06. The molecule has 1 aliphatic carbocycles. The Labute approximate surface area is 110 Å². The van der Waals surface area contributed by atoms with Crippen LogP contribution in [0.1, 0.15) is 25.1 Å². The standard InChI is InChI=1S/C11H17N5O3/c1-7-13-11(16(18)19)10(15(7)2)12-6-5-9(17)14-8-3-4-8/h8,12H,3-6H2,1-2H3,(H,14,17). The minimum absolute atomic E-state index is 0.0310. The van der Waals surface area contributed by atoms with Crippen LogP contribution in [-0.4, -0.2) is 33.0 Å². The summed E-state index contributed by atoms with van der Waals surface area (Å²) in [5.74, 6) is 0.650. The second kappa shape index (κ2) is 5.25. The summed E-state index contributed by atoms with van der Waals surface area (Å²) in [5.41, 5.74) is 0. The van der Waals surface area contributed by atoms with Crippen LogP contribution in [0.2, 0.25) is 0 Å². The van der Waals surface area contributed by atoms with Crippen molar-refractivity contribution in [1.82, 2.24) is 14.9 Å². The molecule has 0 aliphatic heterocycles. The van der Waals surface area contributed by atoms with Crippen molar-refractivity contribution in [1.29, 1.82) is 0 Å². The van der Waals surface area contributed by atoms with E-state index in [4.69, 9.17) is 0 Å². The van der Waals surface area contributed by atoms with Crippen LogP contribution in [0.3, 0.4) is 0 Å². The zero-order valence-electron chi connectivity index (χ0n) is 11.0. The molecule has 0 saturated heterocycles. The molecule has 19 heavy (non-hydrogen) atoms. The average Bonchev–Trinajstić information content (AvgIpc) is 3.10. The lowest BCUT2D eigenvalue weighted by Crippen LogP contribution is -2.27. The molecule has 1 fully saturated rings. The van der Waals surface area contributed by atoms with Crippen molar-refractivity contribution in [2.75, 3.05) is 11.9 Å². The van der Waals surface area contributed by atoms with Crippen molar-refractivity contribution < 1.29 is 9.72 Å². The largest absolute Gasteiger partial charge is 0.406 e. The zero-order chi connectivity index (χ0) is 14.0. The van der Waals surface area contributed by atoms with Gasteiger partial charge in [-0.3, -0.25) is 9.36 Å². The summed E-state index contributed by atoms with van der Waals surface area (Å²) >= 11 is 0. The molecule has 2 rings (SSSR count). The van der Waals surface area contributed by atoms with Crippen LogP contribution in [0.5, 0.6) is 0 Å². The number of nitrogens with zero attached hydrogens (tertiary/aromatic N) is 3. The van der Waals surface area contributed by atoms with E-state index in [2.05, 4.69) is 15.6 Å². The van der Waals surface area contributed by atoms with Gasteiger partial charge in [0.05, 0.1) is 0 Å². The van der Waals surface area contributed by atoms with Crippen LogP contribution >= 0.6 is 0 Å². The molecule has 1 heterocycles. The fraction of sp³-hybridized carbons (Fsp3) is 0.636. The number of anilines is 1. The first-order valence-corrected chi connectivity index (χ1v) is 6.20. The van der Waals surface area contributed by atoms with Gasteiger partial charge in [0, 0.05) is 33.0 Å². The number of hydrogen-bond donors (Lipinski definition) is 2. The highest BCUT2D eigenvalue weighted by molar-refractivity contribution is 5.77. The van der Waals surface area contributed by atoms with Gasteiger partial charge in [0.15, 0.2) is 0 Å². The molecule has 2 N–H and O–H groups in total. The summed E-state index contributed by atoms with van der Waals surface area (Å²) in [7, 11) is 1.70. The van der Waals surface area contributed by atoms with Crippen molar-refractivity contribution in [2.45, 2.75) is 32.2 Å². The van der Waals surface area contributed by atoms with E-state index in [9.17, 15) is 14.9 Å². The van der Waals surface area contributed by atoms with Gasteiger partial charge in [-0.2, -0.15) is 0 Å². The van der Waals surface area contributed by atoms with E-state index in [1.54, 1.807) is 18.5 Å². The number of rotatable bonds is 6. The number of aromatic nitrogens is 2. The Hall–Kier alpha value is -2.12. The number of carbonyl (C=O) groups excluding carboxylic acids is 1. The molecule has 1 aliphatic rings. The third kappa shape index (κ3) is 3.21. The first kappa shape index (κ1) is 13.3. The number of amides is 1. The van der Waals surface area contributed by atoms with Crippen LogP contribution in [0, 0.1) is 17.0 Å². The summed E-state index contributed by atoms with van der Waals surface area (Å²) in [6.45, 7) is 2.04. The maximum absolute atomic E-state index is 11.5. The van der Waals surface area contributed by atoms with E-state index in [1.807, 2.05) is 0 Å². The molecule has 0 aromatic carbocycles. The highest BCUT2D eigenvalue weighted by atomic mass is 16.6. The molecule has 1 aromatic rings. The average molecular weight is 267 g/mol. The first-order chi connectivity index (χ1) is 8.99. The Bertz CT molecular complexity index is 507. The first-order valence-electron chi connectivity index (χ1n) is 6.20. The Morgan fingerprint density at radius 3 is 2.84 bits per heavy atom. The van der Waals surface area contributed by atoms with E-state index >= 15 is 0 Å². The van der Waals surface area contributed by atoms with E-state index in [-0.39, 0.29) is 18.1 Å². The smallest absolute Gasteiger partial charge is 0.364 e. The molecule has 1 saturated carbocycles. The summed E-state index contributed by atoms with van der Waals surface area (Å²) in [6.07, 6.45) is 2.38. The summed E-state index contributed by atoms with van der Waals surface area (Å²) in [4.78, 5) is 25.7. The van der Waals surface area contributed by atoms with E-state index in [0.717, 1.165) is 12.8 Å². The number of imidazole rings is 1. The zero-order valence-corrected chi connectivity index (χ0v) is 11.0. The highest BCUT2D eigenvalue weighted by Gasteiger charge is 2.24. The van der Waals surface area contributed by atoms with Crippen molar-refractivity contribution in [3.8, 4) is 0 Å². The van der Waals surface area contributed by atoms with E-state index in [1.165, 1.54) is 0 Å². The molecule has 1 amide bonds. The summed E-state index contributed by atoms with van der Waals surface area (Å²) < 4.78 is 1.61. The molecule has 8 nitrogen and oxygen atoms in total. The predicted molar refractivity (Wildman–Crippen MR) is 68.9 cm³/mol. The Morgan fingerprint density at radius 1 is 1.58 bits per heavy atom. The van der Waals surface area contributed by atoms with Crippen molar-refractivity contribution >= 4 is 17.5 Å². The van der Waals surface area contributed by atoms with Crippen LogP contribution in [0.15, 0.2) is 0 Å². The lowest BCUT2D eigenvalue weighted by Gasteiger charge is -2.07. The summed E-state index contributed by atoms with van der Waals surface area (Å²) in [5, 5.41) is 16.6. The molecule has 1 aromatic heterocycles. The second-order valence-corrected chi connectivity index (χ2v) is 4.67. The van der Waals surface area contributed by atoms with Gasteiger partial charge in [-0.05, 0) is 22.7 Å². The lowest BCUT2D eigenvalue weighted by molar-refractivity contribution is -0.388. The lowest BCUT2D eigenvalue weighted by atomic mass is 10.4. The van der Waals surface area contributed by atoms with Gasteiger partial charge in [-0.15, -0.1) is 0 Å². The normalized spacial score (nSPS) is 14.2. The Balaban J connectivity index is 1.91. The molecule has 0 unspecified atom stereocenters. The van der Waals surface area contributed by atoms with Gasteiger partial charge in [0.2, 0.25) is 17.5 Å². The van der Waals surface area contributed by atoms with Crippen molar-refractivity contribution in [3.05, 3.63) is 15.9 Å². The third-order valence-corrected chi connectivity index (χ3v) is 3.06. The number of aryl methyl sites for hydroxylation is 1. The van der Waals surface area contributed by atoms with Crippen LogP contribution in [-0.2, 0) is 11.8 Å². The minimum atomic E-state index is -0.528. The van der Waals surface area contributed by atoms with Gasteiger partial charge in [0.1, 0.15) is 0 Å². The molecular formula is C11H17N5O3. The van der Waals surface area contributed by atoms with Gasteiger partial charge in [-0.25, -0.2) is 0 Å². The number of nitrogens with one attached hydrogen (secondary N) is 2. The molecular weight excluding hydrogens is 250 g/mol. The predicted octanol–water partition coefficient (Wildman–Crippen LogP) is 0.717. The maximum Gasteiger partial charge on any atom is 0.406 e. The molecule has 0 radical (unpaired) electrons. The highest BCUT2D eigenvalue weighted by Crippen LogP contribution is 2.23.